The summed E-state index contributed by atoms with van der Waals surface area (Å²) in [6.45, 7) is 10.5. The molecule has 5 heteroatoms. The number of carbonyl (C=O) groups is 1. The maximum Gasteiger partial charge on any atom is 0.321 e. The van der Waals surface area contributed by atoms with E-state index in [0.29, 0.717) is 26.3 Å². The van der Waals surface area contributed by atoms with E-state index < -0.39 is 5.79 Å². The van der Waals surface area contributed by atoms with Gasteiger partial charge in [0.1, 0.15) is 0 Å². The van der Waals surface area contributed by atoms with Crippen LogP contribution in [0.25, 0.3) is 0 Å². The summed E-state index contributed by atoms with van der Waals surface area (Å²) in [4.78, 5) is 14.1. The van der Waals surface area contributed by atoms with Crippen molar-refractivity contribution in [2.75, 3.05) is 31.6 Å². The highest BCUT2D eigenvalue weighted by Crippen LogP contribution is 2.37. The number of amides is 2. The summed E-state index contributed by atoms with van der Waals surface area (Å²) in [5.74, 6) is -0.507. The van der Waals surface area contributed by atoms with Crippen LogP contribution in [-0.4, -0.2) is 43.0 Å². The topological polar surface area (TPSA) is 50.8 Å². The predicted molar refractivity (Wildman–Crippen MR) is 84.9 cm³/mol. The zero-order valence-electron chi connectivity index (χ0n) is 13.7. The number of ether oxygens (including phenoxy) is 2. The van der Waals surface area contributed by atoms with E-state index in [2.05, 4.69) is 11.4 Å². The van der Waals surface area contributed by atoms with Crippen LogP contribution in [0.4, 0.5) is 10.5 Å². The third-order valence-corrected chi connectivity index (χ3v) is 4.26. The molecule has 0 saturated carbocycles. The van der Waals surface area contributed by atoms with Gasteiger partial charge in [-0.05, 0) is 51.0 Å². The van der Waals surface area contributed by atoms with Crippen LogP contribution in [-0.2, 0) is 9.47 Å². The van der Waals surface area contributed by atoms with E-state index in [4.69, 9.17) is 9.47 Å². The van der Waals surface area contributed by atoms with Crippen LogP contribution in [0.15, 0.2) is 18.2 Å². The number of hydrogen-bond acceptors (Lipinski definition) is 3. The Balaban J connectivity index is 1.55. The fraction of sp³-hybridized carbons (Fsp3) is 0.588. The molecule has 2 aliphatic heterocycles. The number of nitrogens with zero attached hydrogens (tertiary/aromatic N) is 1. The minimum atomic E-state index is -0.507. The standard InChI is InChI=1S/C17H24N2O3/c1-12-5-13(2)7-14(6-12)18-15(20)19-8-17(9-19)10-21-16(3,4)22-11-17/h5-7H,8-11H2,1-4H3,(H,18,20). The zero-order chi connectivity index (χ0) is 16.0. The molecule has 0 atom stereocenters. The van der Waals surface area contributed by atoms with Crippen molar-refractivity contribution in [3.8, 4) is 0 Å². The van der Waals surface area contributed by atoms with Gasteiger partial charge in [-0.15, -0.1) is 0 Å². The van der Waals surface area contributed by atoms with E-state index >= 15 is 0 Å². The van der Waals surface area contributed by atoms with Crippen LogP contribution in [0.2, 0.25) is 0 Å². The molecule has 0 aliphatic carbocycles. The summed E-state index contributed by atoms with van der Waals surface area (Å²) < 4.78 is 11.4. The number of benzene rings is 1. The average molecular weight is 304 g/mol. The molecule has 0 bridgehead atoms. The Labute approximate surface area is 131 Å². The number of aryl methyl sites for hydroxylation is 2. The molecule has 5 nitrogen and oxygen atoms in total. The van der Waals surface area contributed by atoms with Crippen molar-refractivity contribution in [3.63, 3.8) is 0 Å². The van der Waals surface area contributed by atoms with E-state index in [9.17, 15) is 4.79 Å². The average Bonchev–Trinajstić information content (AvgIpc) is 2.35. The Bertz CT molecular complexity index is 559. The number of hydrogen-bond donors (Lipinski definition) is 1. The molecule has 2 amide bonds. The first-order valence-corrected chi connectivity index (χ1v) is 7.69. The second-order valence-electron chi connectivity index (χ2n) is 7.14. The number of rotatable bonds is 1. The van der Waals surface area contributed by atoms with Crippen molar-refractivity contribution in [2.45, 2.75) is 33.5 Å². The zero-order valence-corrected chi connectivity index (χ0v) is 13.7. The van der Waals surface area contributed by atoms with Crippen LogP contribution in [0.1, 0.15) is 25.0 Å². The Morgan fingerprint density at radius 3 is 2.18 bits per heavy atom. The lowest BCUT2D eigenvalue weighted by molar-refractivity contribution is -0.301. The van der Waals surface area contributed by atoms with Gasteiger partial charge in [0, 0.05) is 18.8 Å². The fourth-order valence-electron chi connectivity index (χ4n) is 3.08. The van der Waals surface area contributed by atoms with Gasteiger partial charge in [-0.3, -0.25) is 0 Å². The normalized spacial score (nSPS) is 22.3. The molecule has 1 N–H and O–H groups in total. The van der Waals surface area contributed by atoms with Crippen molar-refractivity contribution in [2.24, 2.45) is 5.41 Å². The highest BCUT2D eigenvalue weighted by molar-refractivity contribution is 5.90. The quantitative estimate of drug-likeness (QED) is 0.868. The first-order valence-electron chi connectivity index (χ1n) is 7.69. The first-order chi connectivity index (χ1) is 10.3. The van der Waals surface area contributed by atoms with Gasteiger partial charge in [0.05, 0.1) is 18.6 Å². The van der Waals surface area contributed by atoms with Gasteiger partial charge < -0.3 is 19.7 Å². The molecule has 2 heterocycles. The van der Waals surface area contributed by atoms with Gasteiger partial charge in [-0.2, -0.15) is 0 Å². The van der Waals surface area contributed by atoms with Crippen molar-refractivity contribution in [3.05, 3.63) is 29.3 Å². The summed E-state index contributed by atoms with van der Waals surface area (Å²) in [5.41, 5.74) is 3.11. The molecule has 2 saturated heterocycles. The second-order valence-corrected chi connectivity index (χ2v) is 7.14. The Kier molecular flexibility index (Phi) is 3.65. The summed E-state index contributed by atoms with van der Waals surface area (Å²) in [5, 5.41) is 2.97. The highest BCUT2D eigenvalue weighted by Gasteiger charge is 2.50. The number of anilines is 1. The van der Waals surface area contributed by atoms with Crippen molar-refractivity contribution >= 4 is 11.7 Å². The van der Waals surface area contributed by atoms with Gasteiger partial charge in [0.15, 0.2) is 5.79 Å². The van der Waals surface area contributed by atoms with E-state index in [-0.39, 0.29) is 11.4 Å². The predicted octanol–water partition coefficient (Wildman–Crippen LogP) is 2.92. The number of urea groups is 1. The number of carbonyl (C=O) groups excluding carboxylic acids is 1. The molecular weight excluding hydrogens is 280 g/mol. The second kappa shape index (κ2) is 5.25. The van der Waals surface area contributed by atoms with E-state index in [0.717, 1.165) is 16.8 Å². The Hall–Kier alpha value is -1.59. The van der Waals surface area contributed by atoms with E-state index in [1.807, 2.05) is 44.7 Å². The van der Waals surface area contributed by atoms with Crippen molar-refractivity contribution in [1.29, 1.82) is 0 Å². The molecule has 120 valence electrons. The fourth-order valence-corrected chi connectivity index (χ4v) is 3.08. The van der Waals surface area contributed by atoms with Gasteiger partial charge >= 0.3 is 6.03 Å². The molecule has 1 aromatic rings. The summed E-state index contributed by atoms with van der Waals surface area (Å²) in [6.07, 6.45) is 0. The van der Waals surface area contributed by atoms with E-state index in [1.165, 1.54) is 0 Å². The number of nitrogens with one attached hydrogen (secondary N) is 1. The lowest BCUT2D eigenvalue weighted by atomic mass is 9.81. The van der Waals surface area contributed by atoms with Crippen LogP contribution in [0, 0.1) is 19.3 Å². The van der Waals surface area contributed by atoms with Crippen LogP contribution in [0.3, 0.4) is 0 Å². The highest BCUT2D eigenvalue weighted by atomic mass is 16.7. The molecule has 22 heavy (non-hydrogen) atoms. The first kappa shape index (κ1) is 15.3. The monoisotopic (exact) mass is 304 g/mol. The molecule has 0 aromatic heterocycles. The van der Waals surface area contributed by atoms with E-state index in [1.54, 1.807) is 0 Å². The van der Waals surface area contributed by atoms with Crippen LogP contribution < -0.4 is 5.32 Å². The van der Waals surface area contributed by atoms with Gasteiger partial charge in [0.25, 0.3) is 0 Å². The molecule has 3 rings (SSSR count). The smallest absolute Gasteiger partial charge is 0.321 e. The third kappa shape index (κ3) is 3.10. The maximum atomic E-state index is 12.3. The lowest BCUT2D eigenvalue weighted by Gasteiger charge is -2.53. The molecule has 0 radical (unpaired) electrons. The molecular formula is C17H24N2O3. The summed E-state index contributed by atoms with van der Waals surface area (Å²) in [6, 6.07) is 6.00. The van der Waals surface area contributed by atoms with Crippen molar-refractivity contribution < 1.29 is 14.3 Å². The Morgan fingerprint density at radius 2 is 1.64 bits per heavy atom. The van der Waals surface area contributed by atoms with Gasteiger partial charge in [-0.1, -0.05) is 6.07 Å². The molecule has 1 spiro atoms. The lowest BCUT2D eigenvalue weighted by Crippen LogP contribution is -2.66. The van der Waals surface area contributed by atoms with Gasteiger partial charge in [-0.25, -0.2) is 4.79 Å². The van der Waals surface area contributed by atoms with Crippen LogP contribution in [0.5, 0.6) is 0 Å². The molecule has 0 unspecified atom stereocenters. The van der Waals surface area contributed by atoms with Crippen molar-refractivity contribution in [1.82, 2.24) is 4.90 Å². The largest absolute Gasteiger partial charge is 0.350 e. The minimum Gasteiger partial charge on any atom is -0.350 e. The molecule has 2 fully saturated rings. The SMILES string of the molecule is Cc1cc(C)cc(NC(=O)N2CC3(COC(C)(C)OC3)C2)c1. The maximum absolute atomic E-state index is 12.3. The molecule has 2 aliphatic rings. The summed E-state index contributed by atoms with van der Waals surface area (Å²) >= 11 is 0. The van der Waals surface area contributed by atoms with Gasteiger partial charge in [0.2, 0.25) is 0 Å². The third-order valence-electron chi connectivity index (χ3n) is 4.26. The van der Waals surface area contributed by atoms with Crippen LogP contribution >= 0.6 is 0 Å². The Morgan fingerprint density at radius 1 is 1.09 bits per heavy atom. The summed E-state index contributed by atoms with van der Waals surface area (Å²) in [7, 11) is 0. The molecule has 1 aromatic carbocycles. The number of likely N-dealkylation sites (tertiary alicyclic amines) is 1. The minimum absolute atomic E-state index is 0.0324.